The second kappa shape index (κ2) is 6.97. The molecule has 0 saturated heterocycles. The number of alkyl halides is 1. The van der Waals surface area contributed by atoms with Gasteiger partial charge in [-0.3, -0.25) is 4.79 Å². The average molecular weight is 366 g/mol. The molecule has 20 heavy (non-hydrogen) atoms. The van der Waals surface area contributed by atoms with Crippen LogP contribution in [0.3, 0.4) is 0 Å². The molecule has 0 bridgehead atoms. The SMILES string of the molecule is C[Si](C)(C)C(F)(C(=O)N(F)F)[Si](C)(C)C.C[Si](C)(C)Cl. The van der Waals surface area contributed by atoms with Crippen LogP contribution in [0.1, 0.15) is 0 Å². The maximum Gasteiger partial charge on any atom is 0.313 e. The highest BCUT2D eigenvalue weighted by Crippen LogP contribution is 2.36. The zero-order valence-corrected chi connectivity index (χ0v) is 17.6. The van der Waals surface area contributed by atoms with Crippen molar-refractivity contribution < 1.29 is 18.1 Å². The first kappa shape index (κ1) is 22.5. The summed E-state index contributed by atoms with van der Waals surface area (Å²) >= 11 is 5.67. The van der Waals surface area contributed by atoms with Crippen molar-refractivity contribution in [1.29, 1.82) is 0 Å². The van der Waals surface area contributed by atoms with Gasteiger partial charge in [-0.2, -0.15) is 11.1 Å². The lowest BCUT2D eigenvalue weighted by molar-refractivity contribution is -0.192. The van der Waals surface area contributed by atoms with Crippen LogP contribution in [0.15, 0.2) is 0 Å². The lowest BCUT2D eigenvalue weighted by Crippen LogP contribution is -2.69. The van der Waals surface area contributed by atoms with Crippen molar-refractivity contribution in [3.63, 3.8) is 0 Å². The number of carbonyl (C=O) groups is 1. The van der Waals surface area contributed by atoms with Crippen LogP contribution in [0.2, 0.25) is 58.9 Å². The number of hydrogen-bond acceptors (Lipinski definition) is 1. The Morgan fingerprint density at radius 2 is 1.10 bits per heavy atom. The summed E-state index contributed by atoms with van der Waals surface area (Å²) in [5.41, 5.74) is 0. The van der Waals surface area contributed by atoms with E-state index in [0.717, 1.165) is 0 Å². The average Bonchev–Trinajstić information content (AvgIpc) is 2.08. The van der Waals surface area contributed by atoms with E-state index in [1.54, 1.807) is 39.3 Å². The third-order valence-electron chi connectivity index (χ3n) is 2.52. The fraction of sp³-hybridized carbons (Fsp3) is 0.909. The van der Waals surface area contributed by atoms with Crippen molar-refractivity contribution >= 4 is 40.5 Å². The molecule has 9 heteroatoms. The summed E-state index contributed by atoms with van der Waals surface area (Å²) in [6.07, 6.45) is 0. The smallest absolute Gasteiger partial charge is 0.266 e. The molecule has 0 saturated carbocycles. The van der Waals surface area contributed by atoms with Crippen LogP contribution in [0.5, 0.6) is 0 Å². The molecular formula is C11H27ClF3NOSi3. The van der Waals surface area contributed by atoms with Gasteiger partial charge in [0.15, 0.2) is 4.92 Å². The highest BCUT2D eigenvalue weighted by molar-refractivity contribution is 7.18. The van der Waals surface area contributed by atoms with Gasteiger partial charge in [0, 0.05) is 0 Å². The number of amides is 1. The van der Waals surface area contributed by atoms with Gasteiger partial charge in [0.2, 0.25) is 0 Å². The zero-order valence-electron chi connectivity index (χ0n) is 13.9. The molecular weight excluding hydrogens is 339 g/mol. The first-order chi connectivity index (χ1) is 8.35. The maximum atomic E-state index is 14.7. The van der Waals surface area contributed by atoms with E-state index >= 15 is 0 Å². The summed E-state index contributed by atoms with van der Waals surface area (Å²) in [4.78, 5) is 9.00. The predicted octanol–water partition coefficient (Wildman–Crippen LogP) is 5.11. The van der Waals surface area contributed by atoms with Crippen LogP contribution in [0, 0.1) is 0 Å². The molecule has 1 amide bonds. The first-order valence-electron chi connectivity index (χ1n) is 6.39. The fourth-order valence-corrected chi connectivity index (χ4v) is 12.3. The number of carbonyl (C=O) groups excluding carboxylic acids is 1. The molecule has 0 fully saturated rings. The van der Waals surface area contributed by atoms with E-state index in [1.165, 1.54) is 0 Å². The predicted molar refractivity (Wildman–Crippen MR) is 88.8 cm³/mol. The minimum Gasteiger partial charge on any atom is -0.266 e. The van der Waals surface area contributed by atoms with E-state index in [9.17, 15) is 18.1 Å². The highest BCUT2D eigenvalue weighted by Gasteiger charge is 2.61. The van der Waals surface area contributed by atoms with Crippen molar-refractivity contribution in [3.8, 4) is 0 Å². The molecule has 0 radical (unpaired) electrons. The normalized spacial score (nSPS) is 13.4. The van der Waals surface area contributed by atoms with E-state index in [0.29, 0.717) is 0 Å². The quantitative estimate of drug-likeness (QED) is 0.386. The van der Waals surface area contributed by atoms with Crippen LogP contribution in [0.4, 0.5) is 13.4 Å². The van der Waals surface area contributed by atoms with E-state index in [1.807, 2.05) is 0 Å². The van der Waals surface area contributed by atoms with Crippen molar-refractivity contribution in [2.24, 2.45) is 0 Å². The Bertz CT molecular complexity index is 315. The molecule has 0 aliphatic rings. The van der Waals surface area contributed by atoms with E-state index in [4.69, 9.17) is 11.1 Å². The van der Waals surface area contributed by atoms with Crippen LogP contribution < -0.4 is 0 Å². The van der Waals surface area contributed by atoms with Gasteiger partial charge in [-0.15, -0.1) is 0 Å². The van der Waals surface area contributed by atoms with E-state index in [2.05, 4.69) is 19.6 Å². The summed E-state index contributed by atoms with van der Waals surface area (Å²) in [5.74, 6) is -1.67. The molecule has 0 heterocycles. The van der Waals surface area contributed by atoms with Gasteiger partial charge in [-0.1, -0.05) is 67.9 Å². The second-order valence-electron chi connectivity index (χ2n) is 7.76. The zero-order chi connectivity index (χ0) is 17.2. The third-order valence-corrected chi connectivity index (χ3v) is 11.6. The summed E-state index contributed by atoms with van der Waals surface area (Å²) in [6, 6.07) is 0. The van der Waals surface area contributed by atoms with Crippen LogP contribution >= 0.6 is 11.1 Å². The number of halogens is 4. The maximum absolute atomic E-state index is 14.7. The van der Waals surface area contributed by atoms with Crippen molar-refractivity contribution in [2.75, 3.05) is 0 Å². The summed E-state index contributed by atoms with van der Waals surface area (Å²) < 4.78 is 39.2. The minimum absolute atomic E-state index is 1.14. The monoisotopic (exact) mass is 365 g/mol. The number of hydrogen-bond donors (Lipinski definition) is 0. The minimum atomic E-state index is -2.65. The van der Waals surface area contributed by atoms with Gasteiger partial charge >= 0.3 is 5.91 Å². The molecule has 0 aromatic rings. The van der Waals surface area contributed by atoms with Gasteiger partial charge in [0.25, 0.3) is 0 Å². The lowest BCUT2D eigenvalue weighted by Gasteiger charge is -2.42. The molecule has 0 N–H and O–H groups in total. The number of rotatable bonds is 3. The Labute approximate surface area is 128 Å². The molecule has 0 unspecified atom stereocenters. The van der Waals surface area contributed by atoms with E-state index < -0.39 is 39.7 Å². The Kier molecular flexibility index (Phi) is 7.84. The van der Waals surface area contributed by atoms with Gasteiger partial charge in [0.1, 0.15) is 7.38 Å². The first-order valence-corrected chi connectivity index (χ1v) is 17.9. The molecule has 2 nitrogen and oxygen atoms in total. The Morgan fingerprint density at radius 1 is 0.900 bits per heavy atom. The highest BCUT2D eigenvalue weighted by atomic mass is 35.6. The molecule has 0 aromatic heterocycles. The molecule has 0 rings (SSSR count). The standard InChI is InChI=1S/C8H18F3NOSi2.C3H9ClSi/c1-14(2,3)8(9,15(4,5)6)7(13)12(10)11;1-5(2,3)4/h1-6H3;1-3H3. The van der Waals surface area contributed by atoms with Crippen molar-refractivity contribution in [3.05, 3.63) is 0 Å². The number of nitrogens with zero attached hydrogens (tertiary/aromatic N) is 1. The Balaban J connectivity index is 0. The summed E-state index contributed by atoms with van der Waals surface area (Å²) in [7, 11) is -6.44. The molecule has 0 aliphatic heterocycles. The largest absolute Gasteiger partial charge is 0.313 e. The van der Waals surface area contributed by atoms with Crippen LogP contribution in [-0.4, -0.2) is 39.7 Å². The lowest BCUT2D eigenvalue weighted by atomic mass is 10.7. The van der Waals surface area contributed by atoms with E-state index in [-0.39, 0.29) is 0 Å². The van der Waals surface area contributed by atoms with Gasteiger partial charge in [0.05, 0.1) is 16.1 Å². The second-order valence-corrected chi connectivity index (χ2v) is 26.2. The van der Waals surface area contributed by atoms with Gasteiger partial charge < -0.3 is 0 Å². The topological polar surface area (TPSA) is 20.3 Å². The van der Waals surface area contributed by atoms with Crippen molar-refractivity contribution in [2.45, 2.75) is 63.8 Å². The molecule has 122 valence electrons. The molecule has 0 aromatic carbocycles. The molecule has 0 aliphatic carbocycles. The molecule has 0 atom stereocenters. The molecule has 0 spiro atoms. The Hall–Kier alpha value is 0.201. The fourth-order valence-electron chi connectivity index (χ4n) is 1.88. The van der Waals surface area contributed by atoms with Crippen LogP contribution in [-0.2, 0) is 4.79 Å². The van der Waals surface area contributed by atoms with Gasteiger partial charge in [-0.05, 0) is 5.34 Å². The van der Waals surface area contributed by atoms with Crippen LogP contribution in [0.25, 0.3) is 0 Å². The third kappa shape index (κ3) is 6.77. The van der Waals surface area contributed by atoms with Gasteiger partial charge in [-0.25, -0.2) is 4.39 Å². The summed E-state index contributed by atoms with van der Waals surface area (Å²) in [6.45, 7) is 15.9. The Morgan fingerprint density at radius 3 is 1.15 bits per heavy atom. The van der Waals surface area contributed by atoms with Crippen molar-refractivity contribution in [1.82, 2.24) is 5.34 Å². The summed E-state index contributed by atoms with van der Waals surface area (Å²) in [5, 5.41) is -1.60.